The summed E-state index contributed by atoms with van der Waals surface area (Å²) in [5.41, 5.74) is 1.94. The molecule has 1 N–H and O–H groups in total. The van der Waals surface area contributed by atoms with E-state index in [1.54, 1.807) is 18.5 Å². The molecule has 0 unspecified atom stereocenters. The van der Waals surface area contributed by atoms with Crippen LogP contribution in [-0.2, 0) is 13.2 Å². The fourth-order valence-corrected chi connectivity index (χ4v) is 2.45. The summed E-state index contributed by atoms with van der Waals surface area (Å²) < 4.78 is 5.87. The zero-order valence-electron chi connectivity index (χ0n) is 12.1. The van der Waals surface area contributed by atoms with E-state index in [0.29, 0.717) is 35.0 Å². The third-order valence-corrected chi connectivity index (χ3v) is 3.39. The molecule has 2 rings (SSSR count). The molecule has 0 bridgehead atoms. The fraction of sp³-hybridized carbons (Fsp3) is 0.312. The second-order valence-electron chi connectivity index (χ2n) is 5.06. The van der Waals surface area contributed by atoms with E-state index in [9.17, 15) is 0 Å². The predicted octanol–water partition coefficient (Wildman–Crippen LogP) is 4.47. The zero-order chi connectivity index (χ0) is 15.2. The SMILES string of the molecule is CC(C)NCc1cc(Cl)cc(Cl)c1OCc1cccnc1. The van der Waals surface area contributed by atoms with Crippen molar-refractivity contribution in [3.8, 4) is 5.75 Å². The second-order valence-corrected chi connectivity index (χ2v) is 5.91. The maximum Gasteiger partial charge on any atom is 0.142 e. The fourth-order valence-electron chi connectivity index (χ4n) is 1.86. The molecule has 112 valence electrons. The molecule has 0 spiro atoms. The van der Waals surface area contributed by atoms with Crippen LogP contribution in [0.5, 0.6) is 5.75 Å². The molecule has 0 amide bonds. The average Bonchev–Trinajstić information content (AvgIpc) is 2.45. The summed E-state index contributed by atoms with van der Waals surface area (Å²) in [5.74, 6) is 0.665. The maximum absolute atomic E-state index is 6.26. The highest BCUT2D eigenvalue weighted by atomic mass is 35.5. The Morgan fingerprint density at radius 3 is 2.76 bits per heavy atom. The van der Waals surface area contributed by atoms with Gasteiger partial charge in [0, 0.05) is 41.1 Å². The van der Waals surface area contributed by atoms with E-state index >= 15 is 0 Å². The lowest BCUT2D eigenvalue weighted by molar-refractivity contribution is 0.301. The number of hydrogen-bond donors (Lipinski definition) is 1. The highest BCUT2D eigenvalue weighted by molar-refractivity contribution is 6.35. The first kappa shape index (κ1) is 16.1. The monoisotopic (exact) mass is 324 g/mol. The number of hydrogen-bond acceptors (Lipinski definition) is 3. The van der Waals surface area contributed by atoms with Gasteiger partial charge in [-0.2, -0.15) is 0 Å². The van der Waals surface area contributed by atoms with Gasteiger partial charge in [0.1, 0.15) is 12.4 Å². The molecule has 1 aromatic carbocycles. The topological polar surface area (TPSA) is 34.1 Å². The normalized spacial score (nSPS) is 10.9. The zero-order valence-corrected chi connectivity index (χ0v) is 13.6. The van der Waals surface area contributed by atoms with Gasteiger partial charge in [0.05, 0.1) is 5.02 Å². The third-order valence-electron chi connectivity index (χ3n) is 2.89. The molecule has 21 heavy (non-hydrogen) atoms. The van der Waals surface area contributed by atoms with E-state index in [1.807, 2.05) is 18.2 Å². The average molecular weight is 325 g/mol. The number of pyridine rings is 1. The minimum Gasteiger partial charge on any atom is -0.487 e. The van der Waals surface area contributed by atoms with Crippen molar-refractivity contribution >= 4 is 23.2 Å². The third kappa shape index (κ3) is 4.88. The van der Waals surface area contributed by atoms with Crippen LogP contribution in [0.15, 0.2) is 36.7 Å². The van der Waals surface area contributed by atoms with Crippen molar-refractivity contribution in [1.82, 2.24) is 10.3 Å². The van der Waals surface area contributed by atoms with Crippen molar-refractivity contribution in [3.05, 3.63) is 57.8 Å². The Kier molecular flexibility index (Phi) is 5.85. The number of nitrogens with zero attached hydrogens (tertiary/aromatic N) is 1. The van der Waals surface area contributed by atoms with Crippen LogP contribution in [0.1, 0.15) is 25.0 Å². The Morgan fingerprint density at radius 2 is 2.10 bits per heavy atom. The van der Waals surface area contributed by atoms with Gasteiger partial charge in [0.15, 0.2) is 0 Å². The number of benzene rings is 1. The largest absolute Gasteiger partial charge is 0.487 e. The summed E-state index contributed by atoms with van der Waals surface area (Å²) in [6.45, 7) is 5.24. The van der Waals surface area contributed by atoms with Crippen LogP contribution in [0.4, 0.5) is 0 Å². The molecular formula is C16H18Cl2N2O. The molecular weight excluding hydrogens is 307 g/mol. The molecule has 0 radical (unpaired) electrons. The molecule has 0 atom stereocenters. The van der Waals surface area contributed by atoms with Gasteiger partial charge >= 0.3 is 0 Å². The highest BCUT2D eigenvalue weighted by Crippen LogP contribution is 2.33. The lowest BCUT2D eigenvalue weighted by Crippen LogP contribution is -2.22. The van der Waals surface area contributed by atoms with Crippen LogP contribution < -0.4 is 10.1 Å². The van der Waals surface area contributed by atoms with Crippen molar-refractivity contribution in [1.29, 1.82) is 0 Å². The van der Waals surface area contributed by atoms with Crippen LogP contribution in [0, 0.1) is 0 Å². The summed E-state index contributed by atoms with van der Waals surface area (Å²) in [5, 5.41) is 4.47. The minimum atomic E-state index is 0.369. The number of rotatable bonds is 6. The van der Waals surface area contributed by atoms with E-state index in [-0.39, 0.29) is 0 Å². The number of nitrogens with one attached hydrogen (secondary N) is 1. The molecule has 0 aliphatic carbocycles. The Bertz CT molecular complexity index is 588. The molecule has 0 saturated heterocycles. The smallest absolute Gasteiger partial charge is 0.142 e. The molecule has 3 nitrogen and oxygen atoms in total. The van der Waals surface area contributed by atoms with Gasteiger partial charge in [-0.25, -0.2) is 0 Å². The van der Waals surface area contributed by atoms with Crippen molar-refractivity contribution in [2.75, 3.05) is 0 Å². The molecule has 0 saturated carbocycles. The molecule has 0 aliphatic rings. The van der Waals surface area contributed by atoms with Gasteiger partial charge in [0.25, 0.3) is 0 Å². The molecule has 1 heterocycles. The van der Waals surface area contributed by atoms with Gasteiger partial charge < -0.3 is 10.1 Å². The van der Waals surface area contributed by atoms with E-state index < -0.39 is 0 Å². The van der Waals surface area contributed by atoms with Gasteiger partial charge in [-0.3, -0.25) is 4.98 Å². The van der Waals surface area contributed by atoms with Crippen molar-refractivity contribution in [2.24, 2.45) is 0 Å². The van der Waals surface area contributed by atoms with Crippen LogP contribution in [0.3, 0.4) is 0 Å². The van der Waals surface area contributed by atoms with Crippen molar-refractivity contribution in [3.63, 3.8) is 0 Å². The summed E-state index contributed by atoms with van der Waals surface area (Å²) in [6, 6.07) is 7.78. The summed E-state index contributed by atoms with van der Waals surface area (Å²) in [7, 11) is 0. The minimum absolute atomic E-state index is 0.369. The highest BCUT2D eigenvalue weighted by Gasteiger charge is 2.11. The van der Waals surface area contributed by atoms with Gasteiger partial charge in [-0.05, 0) is 18.2 Å². The molecule has 5 heteroatoms. The van der Waals surface area contributed by atoms with E-state index in [1.165, 1.54) is 0 Å². The van der Waals surface area contributed by atoms with E-state index in [0.717, 1.165) is 11.1 Å². The first-order valence-corrected chi connectivity index (χ1v) is 7.55. The van der Waals surface area contributed by atoms with Gasteiger partial charge in [0.2, 0.25) is 0 Å². The summed E-state index contributed by atoms with van der Waals surface area (Å²) in [4.78, 5) is 4.07. The van der Waals surface area contributed by atoms with Gasteiger partial charge in [-0.15, -0.1) is 0 Å². The molecule has 1 aromatic heterocycles. The number of ether oxygens (including phenoxy) is 1. The predicted molar refractivity (Wildman–Crippen MR) is 87.0 cm³/mol. The first-order valence-electron chi connectivity index (χ1n) is 6.79. The lowest BCUT2D eigenvalue weighted by Gasteiger charge is -2.15. The van der Waals surface area contributed by atoms with Gasteiger partial charge in [-0.1, -0.05) is 43.1 Å². The summed E-state index contributed by atoms with van der Waals surface area (Å²) in [6.07, 6.45) is 3.51. The quantitative estimate of drug-likeness (QED) is 0.851. The number of halogens is 2. The Labute approximate surface area is 135 Å². The summed E-state index contributed by atoms with van der Waals surface area (Å²) >= 11 is 12.3. The van der Waals surface area contributed by atoms with Crippen molar-refractivity contribution in [2.45, 2.75) is 33.0 Å². The Balaban J connectivity index is 2.16. The maximum atomic E-state index is 6.26. The Hall–Kier alpha value is -1.29. The van der Waals surface area contributed by atoms with Crippen LogP contribution in [0.2, 0.25) is 10.0 Å². The second kappa shape index (κ2) is 7.64. The first-order chi connectivity index (χ1) is 10.1. The van der Waals surface area contributed by atoms with Crippen LogP contribution in [0.25, 0.3) is 0 Å². The Morgan fingerprint density at radius 1 is 1.29 bits per heavy atom. The van der Waals surface area contributed by atoms with E-state index in [2.05, 4.69) is 24.1 Å². The number of aromatic nitrogens is 1. The van der Waals surface area contributed by atoms with Crippen LogP contribution in [-0.4, -0.2) is 11.0 Å². The standard InChI is InChI=1S/C16H18Cl2N2O/c1-11(2)20-9-13-6-14(17)7-15(18)16(13)21-10-12-4-3-5-19-8-12/h3-8,11,20H,9-10H2,1-2H3. The van der Waals surface area contributed by atoms with Crippen molar-refractivity contribution < 1.29 is 4.74 Å². The molecule has 2 aromatic rings. The molecule has 0 fully saturated rings. The van der Waals surface area contributed by atoms with E-state index in [4.69, 9.17) is 27.9 Å². The van der Waals surface area contributed by atoms with Crippen LogP contribution >= 0.6 is 23.2 Å². The lowest BCUT2D eigenvalue weighted by atomic mass is 10.2. The molecule has 0 aliphatic heterocycles.